The summed E-state index contributed by atoms with van der Waals surface area (Å²) in [7, 11) is 0. The van der Waals surface area contributed by atoms with E-state index in [1.807, 2.05) is 36.9 Å². The van der Waals surface area contributed by atoms with Crippen molar-refractivity contribution in [2.75, 3.05) is 31.1 Å². The van der Waals surface area contributed by atoms with E-state index in [0.717, 1.165) is 40.8 Å². The number of hydrogen-bond acceptors (Lipinski definition) is 4. The summed E-state index contributed by atoms with van der Waals surface area (Å²) in [4.78, 5) is 16.8. The van der Waals surface area contributed by atoms with Crippen molar-refractivity contribution in [3.05, 3.63) is 45.8 Å². The van der Waals surface area contributed by atoms with Gasteiger partial charge >= 0.3 is 0 Å². The van der Waals surface area contributed by atoms with Crippen molar-refractivity contribution in [3.8, 4) is 0 Å². The lowest BCUT2D eigenvalue weighted by Crippen LogP contribution is -2.49. The van der Waals surface area contributed by atoms with Crippen molar-refractivity contribution in [3.63, 3.8) is 0 Å². The fourth-order valence-electron chi connectivity index (χ4n) is 3.14. The first-order chi connectivity index (χ1) is 11.5. The molecule has 1 aliphatic rings. The number of amides is 1. The van der Waals surface area contributed by atoms with Gasteiger partial charge in [0.2, 0.25) is 5.91 Å². The van der Waals surface area contributed by atoms with Gasteiger partial charge in [0.05, 0.1) is 12.1 Å². The Morgan fingerprint density at radius 2 is 1.92 bits per heavy atom. The van der Waals surface area contributed by atoms with Crippen LogP contribution < -0.4 is 4.90 Å². The second-order valence-corrected chi connectivity index (χ2v) is 6.71. The summed E-state index contributed by atoms with van der Waals surface area (Å²) in [6.45, 7) is 8.87. The van der Waals surface area contributed by atoms with Crippen LogP contribution in [0.5, 0.6) is 0 Å². The molecular weight excluding hydrogens is 326 g/mol. The molecule has 6 heteroatoms. The van der Waals surface area contributed by atoms with E-state index in [-0.39, 0.29) is 5.91 Å². The Labute approximate surface area is 147 Å². The first-order valence-electron chi connectivity index (χ1n) is 8.16. The number of rotatable bonds is 3. The van der Waals surface area contributed by atoms with Gasteiger partial charge in [-0.15, -0.1) is 0 Å². The molecule has 1 saturated heterocycles. The molecule has 24 heavy (non-hydrogen) atoms. The van der Waals surface area contributed by atoms with Gasteiger partial charge in [-0.3, -0.25) is 4.79 Å². The number of aromatic nitrogens is 1. The van der Waals surface area contributed by atoms with Gasteiger partial charge < -0.3 is 14.3 Å². The maximum absolute atomic E-state index is 12.6. The van der Waals surface area contributed by atoms with Crippen LogP contribution in [0.25, 0.3) is 0 Å². The predicted octanol–water partition coefficient (Wildman–Crippen LogP) is 3.14. The first kappa shape index (κ1) is 16.8. The molecule has 2 aromatic rings. The minimum absolute atomic E-state index is 0.131. The fraction of sp³-hybridized carbons (Fsp3) is 0.444. The lowest BCUT2D eigenvalue weighted by atomic mass is 10.1. The van der Waals surface area contributed by atoms with Gasteiger partial charge in [-0.2, -0.15) is 0 Å². The third kappa shape index (κ3) is 3.41. The van der Waals surface area contributed by atoms with Crippen LogP contribution in [0.2, 0.25) is 5.02 Å². The molecule has 128 valence electrons. The number of nitrogens with zero attached hydrogens (tertiary/aromatic N) is 3. The van der Waals surface area contributed by atoms with Gasteiger partial charge in [0.25, 0.3) is 0 Å². The molecule has 0 N–H and O–H groups in total. The SMILES string of the molecule is Cc1ccc(Cl)cc1N1CCN(C(=O)Cc2c(C)noc2C)CC1. The van der Waals surface area contributed by atoms with Crippen LogP contribution in [0.4, 0.5) is 5.69 Å². The number of carbonyl (C=O) groups is 1. The van der Waals surface area contributed by atoms with Crippen molar-refractivity contribution in [2.24, 2.45) is 0 Å². The number of carbonyl (C=O) groups excluding carboxylic acids is 1. The molecule has 2 heterocycles. The van der Waals surface area contributed by atoms with Gasteiger partial charge in [-0.25, -0.2) is 0 Å². The molecule has 0 spiro atoms. The maximum Gasteiger partial charge on any atom is 0.227 e. The van der Waals surface area contributed by atoms with E-state index in [4.69, 9.17) is 16.1 Å². The summed E-state index contributed by atoms with van der Waals surface area (Å²) in [5, 5.41) is 4.66. The smallest absolute Gasteiger partial charge is 0.227 e. The largest absolute Gasteiger partial charge is 0.368 e. The number of hydrogen-bond donors (Lipinski definition) is 0. The van der Waals surface area contributed by atoms with E-state index in [1.54, 1.807) is 0 Å². The van der Waals surface area contributed by atoms with E-state index >= 15 is 0 Å². The third-order valence-electron chi connectivity index (χ3n) is 4.65. The summed E-state index contributed by atoms with van der Waals surface area (Å²) in [6.07, 6.45) is 0.358. The van der Waals surface area contributed by atoms with Crippen molar-refractivity contribution in [2.45, 2.75) is 27.2 Å². The van der Waals surface area contributed by atoms with Crippen molar-refractivity contribution < 1.29 is 9.32 Å². The van der Waals surface area contributed by atoms with Crippen LogP contribution in [-0.2, 0) is 11.2 Å². The Morgan fingerprint density at radius 1 is 1.21 bits per heavy atom. The summed E-state index contributed by atoms with van der Waals surface area (Å²) in [5.74, 6) is 0.862. The normalized spacial score (nSPS) is 15.0. The van der Waals surface area contributed by atoms with Crippen LogP contribution in [-0.4, -0.2) is 42.1 Å². The highest BCUT2D eigenvalue weighted by Gasteiger charge is 2.24. The summed E-state index contributed by atoms with van der Waals surface area (Å²) in [6, 6.07) is 5.94. The summed E-state index contributed by atoms with van der Waals surface area (Å²) >= 11 is 6.12. The zero-order valence-corrected chi connectivity index (χ0v) is 15.1. The first-order valence-corrected chi connectivity index (χ1v) is 8.54. The van der Waals surface area contributed by atoms with Gasteiger partial charge in [0.15, 0.2) is 0 Å². The van der Waals surface area contributed by atoms with Gasteiger partial charge in [-0.05, 0) is 38.5 Å². The van der Waals surface area contributed by atoms with Crippen molar-refractivity contribution in [1.29, 1.82) is 0 Å². The zero-order valence-electron chi connectivity index (χ0n) is 14.3. The molecule has 0 atom stereocenters. The number of anilines is 1. The Kier molecular flexibility index (Phi) is 4.81. The molecule has 1 aliphatic heterocycles. The van der Waals surface area contributed by atoms with E-state index in [9.17, 15) is 4.79 Å². The highest BCUT2D eigenvalue weighted by molar-refractivity contribution is 6.30. The number of halogens is 1. The van der Waals surface area contributed by atoms with Crippen LogP contribution in [0.3, 0.4) is 0 Å². The average molecular weight is 348 g/mol. The van der Waals surface area contributed by atoms with E-state index in [0.29, 0.717) is 19.5 Å². The second kappa shape index (κ2) is 6.85. The van der Waals surface area contributed by atoms with Crippen molar-refractivity contribution >= 4 is 23.2 Å². The molecule has 1 aromatic heterocycles. The third-order valence-corrected chi connectivity index (χ3v) is 4.89. The molecule has 1 aromatic carbocycles. The highest BCUT2D eigenvalue weighted by atomic mass is 35.5. The average Bonchev–Trinajstić information content (AvgIpc) is 2.89. The molecule has 0 aliphatic carbocycles. The van der Waals surface area contributed by atoms with Gasteiger partial charge in [-0.1, -0.05) is 22.8 Å². The highest BCUT2D eigenvalue weighted by Crippen LogP contribution is 2.25. The molecular formula is C18H22ClN3O2. The van der Waals surface area contributed by atoms with Crippen LogP contribution in [0.1, 0.15) is 22.6 Å². The lowest BCUT2D eigenvalue weighted by Gasteiger charge is -2.37. The Morgan fingerprint density at radius 3 is 2.54 bits per heavy atom. The lowest BCUT2D eigenvalue weighted by molar-refractivity contribution is -0.130. The second-order valence-electron chi connectivity index (χ2n) is 6.28. The van der Waals surface area contributed by atoms with Crippen LogP contribution in [0, 0.1) is 20.8 Å². The zero-order chi connectivity index (χ0) is 17.3. The summed E-state index contributed by atoms with van der Waals surface area (Å²) in [5.41, 5.74) is 4.07. The monoisotopic (exact) mass is 347 g/mol. The molecule has 0 unspecified atom stereocenters. The standard InChI is InChI=1S/C18H22ClN3O2/c1-12-4-5-15(19)10-17(12)21-6-8-22(9-7-21)18(23)11-16-13(2)20-24-14(16)3/h4-5,10H,6-9,11H2,1-3H3. The Balaban J connectivity index is 1.62. The molecule has 0 bridgehead atoms. The van der Waals surface area contributed by atoms with Crippen LogP contribution in [0.15, 0.2) is 22.7 Å². The van der Waals surface area contributed by atoms with E-state index < -0.39 is 0 Å². The van der Waals surface area contributed by atoms with Gasteiger partial charge in [0.1, 0.15) is 5.76 Å². The molecule has 0 radical (unpaired) electrons. The number of aryl methyl sites for hydroxylation is 3. The fourth-order valence-corrected chi connectivity index (χ4v) is 3.30. The number of benzene rings is 1. The molecule has 3 rings (SSSR count). The number of piperazine rings is 1. The maximum atomic E-state index is 12.6. The summed E-state index contributed by atoms with van der Waals surface area (Å²) < 4.78 is 5.14. The topological polar surface area (TPSA) is 49.6 Å². The minimum atomic E-state index is 0.131. The Bertz CT molecular complexity index is 729. The predicted molar refractivity (Wildman–Crippen MR) is 94.7 cm³/mol. The van der Waals surface area contributed by atoms with E-state index in [1.165, 1.54) is 5.56 Å². The molecule has 0 saturated carbocycles. The molecule has 1 fully saturated rings. The quantitative estimate of drug-likeness (QED) is 0.855. The van der Waals surface area contributed by atoms with Crippen molar-refractivity contribution in [1.82, 2.24) is 10.1 Å². The van der Waals surface area contributed by atoms with Crippen LogP contribution >= 0.6 is 11.6 Å². The van der Waals surface area contributed by atoms with E-state index in [2.05, 4.69) is 17.0 Å². The minimum Gasteiger partial charge on any atom is -0.368 e. The molecule has 1 amide bonds. The van der Waals surface area contributed by atoms with Gasteiger partial charge in [0, 0.05) is 42.5 Å². The Hall–Kier alpha value is -2.01. The molecule has 5 nitrogen and oxygen atoms in total.